The van der Waals surface area contributed by atoms with E-state index in [1.165, 1.54) is 28.8 Å². The van der Waals surface area contributed by atoms with E-state index in [2.05, 4.69) is 5.32 Å². The minimum Gasteiger partial charge on any atom is -0.480 e. The standard InChI is InChI=1S/C14H17FN2O3S/c1-2-12-17(11(8-21-12)13(18)19)14(20)16-7-9-4-3-5-10(15)6-9/h3-6,11-12H,2,7-8H2,1H3,(H,16,20)(H,18,19). The van der Waals surface area contributed by atoms with Crippen LogP contribution < -0.4 is 5.32 Å². The van der Waals surface area contributed by atoms with E-state index in [1.54, 1.807) is 12.1 Å². The molecule has 2 unspecified atom stereocenters. The van der Waals surface area contributed by atoms with Gasteiger partial charge in [0.25, 0.3) is 0 Å². The summed E-state index contributed by atoms with van der Waals surface area (Å²) in [6.07, 6.45) is 0.682. The molecule has 2 N–H and O–H groups in total. The Morgan fingerprint density at radius 2 is 2.29 bits per heavy atom. The number of thioether (sulfide) groups is 1. The molecule has 5 nitrogen and oxygen atoms in total. The first-order valence-corrected chi connectivity index (χ1v) is 7.72. The molecule has 114 valence electrons. The highest BCUT2D eigenvalue weighted by Crippen LogP contribution is 2.31. The fourth-order valence-electron chi connectivity index (χ4n) is 2.26. The summed E-state index contributed by atoms with van der Waals surface area (Å²) in [5.74, 6) is -0.978. The zero-order valence-corrected chi connectivity index (χ0v) is 12.4. The van der Waals surface area contributed by atoms with E-state index < -0.39 is 18.0 Å². The number of aliphatic carboxylic acids is 1. The number of hydrogen-bond donors (Lipinski definition) is 2. The molecule has 2 amide bonds. The van der Waals surface area contributed by atoms with Crippen LogP contribution in [0.4, 0.5) is 9.18 Å². The SMILES string of the molecule is CCC1SCC(C(=O)O)N1C(=O)NCc1cccc(F)c1. The predicted octanol–water partition coefficient (Wildman–Crippen LogP) is 2.27. The second-order valence-electron chi connectivity index (χ2n) is 4.75. The number of carbonyl (C=O) groups excluding carboxylic acids is 1. The van der Waals surface area contributed by atoms with Gasteiger partial charge >= 0.3 is 12.0 Å². The number of amides is 2. The number of halogens is 1. The van der Waals surface area contributed by atoms with Crippen molar-refractivity contribution in [1.82, 2.24) is 10.2 Å². The van der Waals surface area contributed by atoms with E-state index in [-0.39, 0.29) is 17.7 Å². The molecule has 0 spiro atoms. The van der Waals surface area contributed by atoms with Crippen LogP contribution in [0, 0.1) is 5.82 Å². The lowest BCUT2D eigenvalue weighted by molar-refractivity contribution is -0.141. The van der Waals surface area contributed by atoms with Crippen molar-refractivity contribution < 1.29 is 19.1 Å². The average Bonchev–Trinajstić information content (AvgIpc) is 2.89. The lowest BCUT2D eigenvalue weighted by atomic mass is 10.2. The van der Waals surface area contributed by atoms with Crippen molar-refractivity contribution in [3.63, 3.8) is 0 Å². The first-order valence-electron chi connectivity index (χ1n) is 6.68. The number of carbonyl (C=O) groups is 2. The number of urea groups is 1. The van der Waals surface area contributed by atoms with Crippen molar-refractivity contribution in [2.45, 2.75) is 31.3 Å². The fourth-order valence-corrected chi connectivity index (χ4v) is 3.60. The highest BCUT2D eigenvalue weighted by molar-refractivity contribution is 8.00. The number of carboxylic acid groups (broad SMARTS) is 1. The molecule has 0 saturated carbocycles. The van der Waals surface area contributed by atoms with Gasteiger partial charge < -0.3 is 10.4 Å². The summed E-state index contributed by atoms with van der Waals surface area (Å²) in [5, 5.41) is 11.7. The molecule has 1 aliphatic rings. The molecule has 0 aliphatic carbocycles. The van der Waals surface area contributed by atoms with Gasteiger partial charge in [-0.05, 0) is 24.1 Å². The summed E-state index contributed by atoms with van der Waals surface area (Å²) in [6, 6.07) is 4.70. The van der Waals surface area contributed by atoms with Gasteiger partial charge in [-0.1, -0.05) is 19.1 Å². The number of benzene rings is 1. The van der Waals surface area contributed by atoms with Gasteiger partial charge in [0.05, 0.1) is 5.37 Å². The second kappa shape index (κ2) is 6.80. The zero-order valence-electron chi connectivity index (χ0n) is 11.6. The molecule has 0 bridgehead atoms. The minimum atomic E-state index is -1.00. The van der Waals surface area contributed by atoms with Crippen molar-refractivity contribution in [2.24, 2.45) is 0 Å². The van der Waals surface area contributed by atoms with Crippen LogP contribution in [0.1, 0.15) is 18.9 Å². The third-order valence-corrected chi connectivity index (χ3v) is 4.75. The molecule has 1 aliphatic heterocycles. The summed E-state index contributed by atoms with van der Waals surface area (Å²) in [6.45, 7) is 2.08. The Labute approximate surface area is 126 Å². The van der Waals surface area contributed by atoms with Crippen LogP contribution >= 0.6 is 11.8 Å². The molecule has 2 rings (SSSR count). The average molecular weight is 312 g/mol. The lowest BCUT2D eigenvalue weighted by Crippen LogP contribution is -2.49. The van der Waals surface area contributed by atoms with E-state index in [4.69, 9.17) is 0 Å². The number of carboxylic acids is 1. The number of nitrogens with zero attached hydrogens (tertiary/aromatic N) is 1. The first kappa shape index (κ1) is 15.6. The first-order chi connectivity index (χ1) is 10.0. The van der Waals surface area contributed by atoms with Gasteiger partial charge in [0, 0.05) is 12.3 Å². The Morgan fingerprint density at radius 3 is 2.90 bits per heavy atom. The largest absolute Gasteiger partial charge is 0.480 e. The van der Waals surface area contributed by atoms with Crippen LogP contribution in [0.3, 0.4) is 0 Å². The quantitative estimate of drug-likeness (QED) is 0.895. The summed E-state index contributed by atoms with van der Waals surface area (Å²) in [4.78, 5) is 24.8. The second-order valence-corrected chi connectivity index (χ2v) is 5.96. The van der Waals surface area contributed by atoms with Crippen molar-refractivity contribution in [3.8, 4) is 0 Å². The van der Waals surface area contributed by atoms with Crippen molar-refractivity contribution in [2.75, 3.05) is 5.75 Å². The molecular weight excluding hydrogens is 295 g/mol. The van der Waals surface area contributed by atoms with Gasteiger partial charge in [0.2, 0.25) is 0 Å². The number of rotatable bonds is 4. The zero-order chi connectivity index (χ0) is 15.4. The predicted molar refractivity (Wildman–Crippen MR) is 78.4 cm³/mol. The lowest BCUT2D eigenvalue weighted by Gasteiger charge is -2.26. The van der Waals surface area contributed by atoms with E-state index >= 15 is 0 Å². The summed E-state index contributed by atoms with van der Waals surface area (Å²) in [5.41, 5.74) is 0.634. The molecule has 2 atom stereocenters. The Bertz CT molecular complexity index is 541. The van der Waals surface area contributed by atoms with E-state index in [9.17, 15) is 19.1 Å². The van der Waals surface area contributed by atoms with Gasteiger partial charge in [-0.3, -0.25) is 4.90 Å². The molecule has 0 radical (unpaired) electrons. The number of hydrogen-bond acceptors (Lipinski definition) is 3. The Kier molecular flexibility index (Phi) is 5.06. The van der Waals surface area contributed by atoms with Crippen LogP contribution in [-0.2, 0) is 11.3 Å². The van der Waals surface area contributed by atoms with Crippen LogP contribution in [0.2, 0.25) is 0 Å². The van der Waals surface area contributed by atoms with E-state index in [0.717, 1.165) is 0 Å². The maximum Gasteiger partial charge on any atom is 0.327 e. The minimum absolute atomic E-state index is 0.140. The van der Waals surface area contributed by atoms with Crippen LogP contribution in [0.5, 0.6) is 0 Å². The topological polar surface area (TPSA) is 69.6 Å². The normalized spacial score (nSPS) is 21.3. The summed E-state index contributed by atoms with van der Waals surface area (Å²) in [7, 11) is 0. The summed E-state index contributed by atoms with van der Waals surface area (Å²) >= 11 is 1.46. The van der Waals surface area contributed by atoms with Gasteiger partial charge in [-0.25, -0.2) is 14.0 Å². The van der Waals surface area contributed by atoms with Crippen molar-refractivity contribution in [1.29, 1.82) is 0 Å². The van der Waals surface area contributed by atoms with Gasteiger partial charge in [0.1, 0.15) is 11.9 Å². The van der Waals surface area contributed by atoms with E-state index in [1.807, 2.05) is 6.92 Å². The maximum absolute atomic E-state index is 13.1. The molecule has 1 aromatic rings. The van der Waals surface area contributed by atoms with Crippen molar-refractivity contribution in [3.05, 3.63) is 35.6 Å². The third-order valence-electron chi connectivity index (χ3n) is 3.29. The van der Waals surface area contributed by atoms with Gasteiger partial charge in [-0.2, -0.15) is 0 Å². The third kappa shape index (κ3) is 3.66. The fraction of sp³-hybridized carbons (Fsp3) is 0.429. The Hall–Kier alpha value is -1.76. The molecule has 1 aromatic carbocycles. The smallest absolute Gasteiger partial charge is 0.327 e. The molecular formula is C14H17FN2O3S. The highest BCUT2D eigenvalue weighted by atomic mass is 32.2. The van der Waals surface area contributed by atoms with Crippen LogP contribution in [-0.4, -0.2) is 39.2 Å². The highest BCUT2D eigenvalue weighted by Gasteiger charge is 2.40. The van der Waals surface area contributed by atoms with Gasteiger partial charge in [0.15, 0.2) is 0 Å². The Balaban J connectivity index is 2.02. The van der Waals surface area contributed by atoms with Crippen LogP contribution in [0.15, 0.2) is 24.3 Å². The molecule has 1 heterocycles. The molecule has 7 heteroatoms. The molecule has 1 saturated heterocycles. The Morgan fingerprint density at radius 1 is 1.52 bits per heavy atom. The maximum atomic E-state index is 13.1. The molecule has 0 aromatic heterocycles. The van der Waals surface area contributed by atoms with E-state index in [0.29, 0.717) is 17.7 Å². The molecule has 21 heavy (non-hydrogen) atoms. The van der Waals surface area contributed by atoms with Gasteiger partial charge in [-0.15, -0.1) is 11.8 Å². The monoisotopic (exact) mass is 312 g/mol. The van der Waals surface area contributed by atoms with Crippen LogP contribution in [0.25, 0.3) is 0 Å². The summed E-state index contributed by atoms with van der Waals surface area (Å²) < 4.78 is 13.1. The number of nitrogens with one attached hydrogen (secondary N) is 1. The van der Waals surface area contributed by atoms with Crippen molar-refractivity contribution >= 4 is 23.8 Å². The molecule has 1 fully saturated rings.